The van der Waals surface area contributed by atoms with Gasteiger partial charge in [-0.05, 0) is 18.2 Å². The molecule has 0 unspecified atom stereocenters. The number of aromatic nitrogens is 3. The SMILES string of the molecule is Fc1ccc(-n2cc(CCBr)nn2)cc1C(F)(F)F. The molecule has 0 aliphatic rings. The van der Waals surface area contributed by atoms with Gasteiger partial charge in [0.15, 0.2) is 0 Å². The predicted octanol–water partition coefficient (Wildman–Crippen LogP) is 3.36. The van der Waals surface area contributed by atoms with Crippen LogP contribution in [0.5, 0.6) is 0 Å². The van der Waals surface area contributed by atoms with E-state index in [9.17, 15) is 17.6 Å². The first-order valence-corrected chi connectivity index (χ1v) is 6.38. The molecular weight excluding hydrogens is 330 g/mol. The van der Waals surface area contributed by atoms with Gasteiger partial charge in [0, 0.05) is 11.8 Å². The van der Waals surface area contributed by atoms with Crippen LogP contribution in [0.3, 0.4) is 0 Å². The molecule has 0 saturated carbocycles. The number of hydrogen-bond acceptors (Lipinski definition) is 2. The van der Waals surface area contributed by atoms with E-state index in [0.29, 0.717) is 23.5 Å². The lowest BCUT2D eigenvalue weighted by molar-refractivity contribution is -0.140. The minimum Gasteiger partial charge on any atom is -0.220 e. The Labute approximate surface area is 114 Å². The number of benzene rings is 1. The Kier molecular flexibility index (Phi) is 3.88. The van der Waals surface area contributed by atoms with E-state index in [2.05, 4.69) is 26.2 Å². The van der Waals surface area contributed by atoms with Crippen LogP contribution in [0.4, 0.5) is 17.6 Å². The third-order valence-electron chi connectivity index (χ3n) is 2.41. The molecule has 2 aromatic rings. The number of rotatable bonds is 3. The number of alkyl halides is 4. The Morgan fingerprint density at radius 1 is 1.26 bits per heavy atom. The number of halogens is 5. The summed E-state index contributed by atoms with van der Waals surface area (Å²) in [5, 5.41) is 8.19. The smallest absolute Gasteiger partial charge is 0.220 e. The van der Waals surface area contributed by atoms with Crippen LogP contribution in [-0.2, 0) is 12.6 Å². The summed E-state index contributed by atoms with van der Waals surface area (Å²) >= 11 is 3.22. The normalized spacial score (nSPS) is 11.8. The third kappa shape index (κ3) is 3.12. The molecule has 8 heteroatoms. The maximum absolute atomic E-state index is 13.1. The number of nitrogens with zero attached hydrogens (tertiary/aromatic N) is 3. The summed E-state index contributed by atoms with van der Waals surface area (Å²) < 4.78 is 52.1. The van der Waals surface area contributed by atoms with Crippen LogP contribution in [0.25, 0.3) is 5.69 Å². The van der Waals surface area contributed by atoms with Crippen LogP contribution in [0.1, 0.15) is 11.3 Å². The summed E-state index contributed by atoms with van der Waals surface area (Å²) in [5.74, 6) is -1.31. The highest BCUT2D eigenvalue weighted by atomic mass is 79.9. The quantitative estimate of drug-likeness (QED) is 0.635. The highest BCUT2D eigenvalue weighted by Gasteiger charge is 2.34. The first-order chi connectivity index (χ1) is 8.91. The van der Waals surface area contributed by atoms with Gasteiger partial charge in [0.1, 0.15) is 5.82 Å². The predicted molar refractivity (Wildman–Crippen MR) is 63.8 cm³/mol. The summed E-state index contributed by atoms with van der Waals surface area (Å²) in [7, 11) is 0. The van der Waals surface area contributed by atoms with Crippen molar-refractivity contribution in [2.45, 2.75) is 12.6 Å². The molecule has 0 bridgehead atoms. The second-order valence-corrected chi connectivity index (χ2v) is 4.55. The van der Waals surface area contributed by atoms with Crippen molar-refractivity contribution in [3.05, 3.63) is 41.5 Å². The summed E-state index contributed by atoms with van der Waals surface area (Å²) in [5.41, 5.74) is -0.570. The Bertz CT molecular complexity index is 580. The fourth-order valence-corrected chi connectivity index (χ4v) is 1.92. The average molecular weight is 338 g/mol. The highest BCUT2D eigenvalue weighted by Crippen LogP contribution is 2.32. The molecule has 102 valence electrons. The first kappa shape index (κ1) is 14.0. The van der Waals surface area contributed by atoms with E-state index in [0.717, 1.165) is 6.07 Å². The molecule has 0 atom stereocenters. The van der Waals surface area contributed by atoms with Gasteiger partial charge in [-0.2, -0.15) is 13.2 Å². The average Bonchev–Trinajstić information content (AvgIpc) is 2.77. The lowest BCUT2D eigenvalue weighted by Gasteiger charge is -2.09. The molecule has 0 radical (unpaired) electrons. The Morgan fingerprint density at radius 3 is 2.63 bits per heavy atom. The van der Waals surface area contributed by atoms with Gasteiger partial charge in [0.05, 0.1) is 23.1 Å². The standard InChI is InChI=1S/C11H8BrF4N3/c12-4-3-7-6-19(18-17-7)8-1-2-10(13)9(5-8)11(14,15)16/h1-2,5-6H,3-4H2. The molecule has 0 spiro atoms. The van der Waals surface area contributed by atoms with Crippen LogP contribution in [-0.4, -0.2) is 20.3 Å². The van der Waals surface area contributed by atoms with E-state index in [1.54, 1.807) is 0 Å². The summed E-state index contributed by atoms with van der Waals surface area (Å²) in [6.45, 7) is 0. The fourth-order valence-electron chi connectivity index (χ4n) is 1.51. The van der Waals surface area contributed by atoms with Gasteiger partial charge < -0.3 is 0 Å². The summed E-state index contributed by atoms with van der Waals surface area (Å²) in [6, 6.07) is 2.70. The van der Waals surface area contributed by atoms with Gasteiger partial charge in [-0.15, -0.1) is 5.10 Å². The van der Waals surface area contributed by atoms with Crippen LogP contribution in [0.15, 0.2) is 24.4 Å². The second kappa shape index (κ2) is 5.28. The van der Waals surface area contributed by atoms with Gasteiger partial charge >= 0.3 is 6.18 Å². The van der Waals surface area contributed by atoms with Crippen LogP contribution >= 0.6 is 15.9 Å². The van der Waals surface area contributed by atoms with E-state index in [1.807, 2.05) is 0 Å². The molecule has 0 N–H and O–H groups in total. The van der Waals surface area contributed by atoms with Crippen LogP contribution in [0, 0.1) is 5.82 Å². The van der Waals surface area contributed by atoms with Crippen molar-refractivity contribution in [3.8, 4) is 5.69 Å². The van der Waals surface area contributed by atoms with E-state index in [-0.39, 0.29) is 5.69 Å². The van der Waals surface area contributed by atoms with E-state index in [1.165, 1.54) is 16.9 Å². The van der Waals surface area contributed by atoms with Crippen molar-refractivity contribution in [1.82, 2.24) is 15.0 Å². The zero-order valence-corrected chi connectivity index (χ0v) is 11.0. The molecule has 2 rings (SSSR count). The topological polar surface area (TPSA) is 30.7 Å². The molecule has 1 heterocycles. The number of aryl methyl sites for hydroxylation is 1. The van der Waals surface area contributed by atoms with Gasteiger partial charge in [-0.25, -0.2) is 9.07 Å². The van der Waals surface area contributed by atoms with Crippen molar-refractivity contribution < 1.29 is 17.6 Å². The molecule has 0 aliphatic heterocycles. The summed E-state index contributed by atoms with van der Waals surface area (Å²) in [6.07, 6.45) is -2.62. The van der Waals surface area contributed by atoms with Gasteiger partial charge in [0.2, 0.25) is 0 Å². The lowest BCUT2D eigenvalue weighted by atomic mass is 10.2. The van der Waals surface area contributed by atoms with Crippen molar-refractivity contribution in [1.29, 1.82) is 0 Å². The zero-order chi connectivity index (χ0) is 14.0. The highest BCUT2D eigenvalue weighted by molar-refractivity contribution is 9.09. The minimum absolute atomic E-state index is 0.113. The fraction of sp³-hybridized carbons (Fsp3) is 0.273. The maximum atomic E-state index is 13.1. The molecular formula is C11H8BrF4N3. The molecule has 0 aliphatic carbocycles. The van der Waals surface area contributed by atoms with Gasteiger partial charge in [-0.1, -0.05) is 21.1 Å². The van der Waals surface area contributed by atoms with Gasteiger partial charge in [0.25, 0.3) is 0 Å². The van der Waals surface area contributed by atoms with Gasteiger partial charge in [-0.3, -0.25) is 0 Å². The number of hydrogen-bond donors (Lipinski definition) is 0. The van der Waals surface area contributed by atoms with Crippen molar-refractivity contribution >= 4 is 15.9 Å². The minimum atomic E-state index is -4.74. The molecule has 19 heavy (non-hydrogen) atoms. The summed E-state index contributed by atoms with van der Waals surface area (Å²) in [4.78, 5) is 0. The van der Waals surface area contributed by atoms with Crippen molar-refractivity contribution in [2.75, 3.05) is 5.33 Å². The molecule has 1 aromatic carbocycles. The Morgan fingerprint density at radius 2 is 2.00 bits per heavy atom. The van der Waals surface area contributed by atoms with E-state index in [4.69, 9.17) is 0 Å². The first-order valence-electron chi connectivity index (χ1n) is 5.26. The van der Waals surface area contributed by atoms with Crippen molar-refractivity contribution in [2.24, 2.45) is 0 Å². The van der Waals surface area contributed by atoms with E-state index >= 15 is 0 Å². The van der Waals surface area contributed by atoms with Crippen LogP contribution < -0.4 is 0 Å². The molecule has 0 saturated heterocycles. The molecule has 0 fully saturated rings. The molecule has 0 amide bonds. The Hall–Kier alpha value is -1.44. The monoisotopic (exact) mass is 337 g/mol. The largest absolute Gasteiger partial charge is 0.419 e. The van der Waals surface area contributed by atoms with Crippen LogP contribution in [0.2, 0.25) is 0 Å². The van der Waals surface area contributed by atoms with E-state index < -0.39 is 17.6 Å². The second-order valence-electron chi connectivity index (χ2n) is 3.76. The van der Waals surface area contributed by atoms with Crippen molar-refractivity contribution in [3.63, 3.8) is 0 Å². The molecule has 1 aromatic heterocycles. The Balaban J connectivity index is 2.39. The lowest BCUT2D eigenvalue weighted by Crippen LogP contribution is -2.09. The third-order valence-corrected chi connectivity index (χ3v) is 2.81. The molecule has 3 nitrogen and oxygen atoms in total. The maximum Gasteiger partial charge on any atom is 0.419 e. The zero-order valence-electron chi connectivity index (χ0n) is 9.46.